The number of ether oxygens (including phenoxy) is 2. The van der Waals surface area contributed by atoms with E-state index in [1.54, 1.807) is 18.4 Å². The molecule has 0 bridgehead atoms. The molecule has 4 heteroatoms. The van der Waals surface area contributed by atoms with Crippen molar-refractivity contribution in [3.8, 4) is 0 Å². The van der Waals surface area contributed by atoms with Crippen LogP contribution >= 0.6 is 0 Å². The van der Waals surface area contributed by atoms with E-state index in [1.165, 1.54) is 7.11 Å². The highest BCUT2D eigenvalue weighted by molar-refractivity contribution is 5.89. The number of hydrogen-bond acceptors (Lipinski definition) is 4. The third-order valence-electron chi connectivity index (χ3n) is 2.86. The number of benzene rings is 1. The lowest BCUT2D eigenvalue weighted by atomic mass is 10.1. The van der Waals surface area contributed by atoms with Crippen LogP contribution in [0, 0.1) is 0 Å². The summed E-state index contributed by atoms with van der Waals surface area (Å²) in [6.07, 6.45) is 6.10. The number of methoxy groups -OCH3 is 1. The zero-order valence-corrected chi connectivity index (χ0v) is 10.4. The van der Waals surface area contributed by atoms with E-state index in [2.05, 4.69) is 10.1 Å². The van der Waals surface area contributed by atoms with Gasteiger partial charge in [-0.2, -0.15) is 0 Å². The van der Waals surface area contributed by atoms with Crippen molar-refractivity contribution < 1.29 is 14.3 Å². The molecular weight excluding hydrogens is 230 g/mol. The Morgan fingerprint density at radius 2 is 2.22 bits per heavy atom. The monoisotopic (exact) mass is 247 g/mol. The van der Waals surface area contributed by atoms with Crippen molar-refractivity contribution >= 4 is 11.7 Å². The zero-order chi connectivity index (χ0) is 12.8. The predicted octanol–water partition coefficient (Wildman–Crippen LogP) is 2.58. The average Bonchev–Trinajstić information content (AvgIpc) is 2.46. The van der Waals surface area contributed by atoms with Gasteiger partial charge >= 0.3 is 5.97 Å². The first-order valence-electron chi connectivity index (χ1n) is 6.02. The normalized spacial score (nSPS) is 17.9. The molecule has 0 fully saturated rings. The fraction of sp³-hybridized carbons (Fsp3) is 0.357. The molecule has 0 aliphatic carbocycles. The third-order valence-corrected chi connectivity index (χ3v) is 2.86. The van der Waals surface area contributed by atoms with Gasteiger partial charge in [-0.15, -0.1) is 0 Å². The SMILES string of the molecule is COC(=O)c1ccc(NCC2CCC=CO2)cc1. The molecule has 0 spiro atoms. The van der Waals surface area contributed by atoms with Crippen molar-refractivity contribution in [2.75, 3.05) is 19.0 Å². The topological polar surface area (TPSA) is 47.6 Å². The predicted molar refractivity (Wildman–Crippen MR) is 69.5 cm³/mol. The maximum absolute atomic E-state index is 11.3. The van der Waals surface area contributed by atoms with Crippen LogP contribution < -0.4 is 5.32 Å². The molecule has 0 amide bonds. The first kappa shape index (κ1) is 12.5. The van der Waals surface area contributed by atoms with Crippen molar-refractivity contribution in [1.29, 1.82) is 0 Å². The maximum atomic E-state index is 11.3. The van der Waals surface area contributed by atoms with Gasteiger partial charge < -0.3 is 14.8 Å². The summed E-state index contributed by atoms with van der Waals surface area (Å²) in [5, 5.41) is 3.29. The van der Waals surface area contributed by atoms with Crippen molar-refractivity contribution in [3.05, 3.63) is 42.2 Å². The largest absolute Gasteiger partial charge is 0.497 e. The van der Waals surface area contributed by atoms with Crippen molar-refractivity contribution in [2.24, 2.45) is 0 Å². The number of carbonyl (C=O) groups excluding carboxylic acids is 1. The molecule has 1 aromatic rings. The van der Waals surface area contributed by atoms with E-state index in [-0.39, 0.29) is 12.1 Å². The highest BCUT2D eigenvalue weighted by Crippen LogP contribution is 2.14. The molecule has 0 radical (unpaired) electrons. The number of hydrogen-bond donors (Lipinski definition) is 1. The van der Waals surface area contributed by atoms with E-state index >= 15 is 0 Å². The molecule has 96 valence electrons. The van der Waals surface area contributed by atoms with E-state index in [9.17, 15) is 4.79 Å². The molecule has 1 aliphatic rings. The number of allylic oxidation sites excluding steroid dienone is 1. The van der Waals surface area contributed by atoms with Crippen LogP contribution in [0.3, 0.4) is 0 Å². The van der Waals surface area contributed by atoms with Crippen LogP contribution in [-0.4, -0.2) is 25.7 Å². The van der Waals surface area contributed by atoms with Gasteiger partial charge in [-0.1, -0.05) is 0 Å². The summed E-state index contributed by atoms with van der Waals surface area (Å²) >= 11 is 0. The number of nitrogens with one attached hydrogen (secondary N) is 1. The van der Waals surface area contributed by atoms with Gasteiger partial charge in [0.25, 0.3) is 0 Å². The van der Waals surface area contributed by atoms with Crippen molar-refractivity contribution in [3.63, 3.8) is 0 Å². The highest BCUT2D eigenvalue weighted by atomic mass is 16.5. The smallest absolute Gasteiger partial charge is 0.337 e. The standard InChI is InChI=1S/C14H17NO3/c1-17-14(16)11-5-7-12(8-6-11)15-10-13-4-2-3-9-18-13/h3,5-9,13,15H,2,4,10H2,1H3. The molecule has 0 saturated heterocycles. The Hall–Kier alpha value is -1.97. The molecule has 1 unspecified atom stereocenters. The van der Waals surface area contributed by atoms with Crippen LogP contribution in [-0.2, 0) is 9.47 Å². The second kappa shape index (κ2) is 6.10. The van der Waals surface area contributed by atoms with Gasteiger partial charge in [0.15, 0.2) is 0 Å². The minimum Gasteiger partial charge on any atom is -0.497 e. The maximum Gasteiger partial charge on any atom is 0.337 e. The molecule has 18 heavy (non-hydrogen) atoms. The van der Waals surface area contributed by atoms with Gasteiger partial charge in [0.2, 0.25) is 0 Å². The van der Waals surface area contributed by atoms with Gasteiger partial charge in [-0.25, -0.2) is 4.79 Å². The lowest BCUT2D eigenvalue weighted by molar-refractivity contribution is 0.0601. The minimum absolute atomic E-state index is 0.218. The van der Waals surface area contributed by atoms with Crippen LogP contribution in [0.1, 0.15) is 23.2 Å². The van der Waals surface area contributed by atoms with E-state index in [0.717, 1.165) is 25.1 Å². The first-order chi connectivity index (χ1) is 8.79. The minimum atomic E-state index is -0.317. The summed E-state index contributed by atoms with van der Waals surface area (Å²) in [6.45, 7) is 0.766. The van der Waals surface area contributed by atoms with E-state index in [4.69, 9.17) is 4.74 Å². The van der Waals surface area contributed by atoms with Crippen LogP contribution in [0.4, 0.5) is 5.69 Å². The second-order valence-corrected chi connectivity index (χ2v) is 4.16. The molecule has 0 saturated carbocycles. The summed E-state index contributed by atoms with van der Waals surface area (Å²) in [5.74, 6) is -0.317. The Morgan fingerprint density at radius 1 is 1.44 bits per heavy atom. The third kappa shape index (κ3) is 3.26. The van der Waals surface area contributed by atoms with Gasteiger partial charge in [-0.05, 0) is 43.2 Å². The Bertz CT molecular complexity index is 425. The molecular formula is C14H17NO3. The van der Waals surface area contributed by atoms with E-state index in [1.807, 2.05) is 18.2 Å². The molecule has 1 aromatic carbocycles. The molecule has 2 rings (SSSR count). The Labute approximate surface area is 107 Å². The summed E-state index contributed by atoms with van der Waals surface area (Å²) < 4.78 is 10.1. The first-order valence-corrected chi connectivity index (χ1v) is 6.02. The van der Waals surface area contributed by atoms with Gasteiger partial charge in [0.1, 0.15) is 6.10 Å². The van der Waals surface area contributed by atoms with Crippen LogP contribution in [0.15, 0.2) is 36.6 Å². The van der Waals surface area contributed by atoms with Crippen molar-refractivity contribution in [2.45, 2.75) is 18.9 Å². The highest BCUT2D eigenvalue weighted by Gasteiger charge is 2.10. The Kier molecular flexibility index (Phi) is 4.23. The van der Waals surface area contributed by atoms with Gasteiger partial charge in [0.05, 0.1) is 25.5 Å². The van der Waals surface area contributed by atoms with E-state index in [0.29, 0.717) is 5.56 Å². The molecule has 1 aliphatic heterocycles. The van der Waals surface area contributed by atoms with Crippen LogP contribution in [0.2, 0.25) is 0 Å². The number of anilines is 1. The lowest BCUT2D eigenvalue weighted by Gasteiger charge is -2.20. The molecule has 1 N–H and O–H groups in total. The fourth-order valence-corrected chi connectivity index (χ4v) is 1.81. The number of rotatable bonds is 4. The molecule has 0 aromatic heterocycles. The quantitative estimate of drug-likeness (QED) is 0.831. The molecule has 4 nitrogen and oxygen atoms in total. The molecule has 1 atom stereocenters. The summed E-state index contributed by atoms with van der Waals surface area (Å²) in [7, 11) is 1.38. The van der Waals surface area contributed by atoms with Gasteiger partial charge in [0, 0.05) is 5.69 Å². The lowest BCUT2D eigenvalue weighted by Crippen LogP contribution is -2.22. The summed E-state index contributed by atoms with van der Waals surface area (Å²) in [4.78, 5) is 11.3. The van der Waals surface area contributed by atoms with Gasteiger partial charge in [-0.3, -0.25) is 0 Å². The Balaban J connectivity index is 1.86. The summed E-state index contributed by atoms with van der Waals surface area (Å²) in [6, 6.07) is 7.22. The zero-order valence-electron chi connectivity index (χ0n) is 10.4. The van der Waals surface area contributed by atoms with Crippen molar-refractivity contribution in [1.82, 2.24) is 0 Å². The second-order valence-electron chi connectivity index (χ2n) is 4.16. The number of esters is 1. The average molecular weight is 247 g/mol. The molecule has 1 heterocycles. The Morgan fingerprint density at radius 3 is 2.83 bits per heavy atom. The van der Waals surface area contributed by atoms with E-state index < -0.39 is 0 Å². The summed E-state index contributed by atoms with van der Waals surface area (Å²) in [5.41, 5.74) is 1.53. The number of carbonyl (C=O) groups is 1. The van der Waals surface area contributed by atoms with Crippen LogP contribution in [0.5, 0.6) is 0 Å². The fourth-order valence-electron chi connectivity index (χ4n) is 1.81. The van der Waals surface area contributed by atoms with Crippen LogP contribution in [0.25, 0.3) is 0 Å².